The van der Waals surface area contributed by atoms with Crippen LogP contribution in [0, 0.1) is 0 Å². The van der Waals surface area contributed by atoms with Crippen LogP contribution >= 0.6 is 0 Å². The van der Waals surface area contributed by atoms with Crippen molar-refractivity contribution in [1.29, 1.82) is 0 Å². The molecule has 134 valence electrons. The minimum atomic E-state index is -0.154. The predicted molar refractivity (Wildman–Crippen MR) is 95.0 cm³/mol. The van der Waals surface area contributed by atoms with Gasteiger partial charge in [-0.2, -0.15) is 0 Å². The number of carbonyl (C=O) groups excluding carboxylic acids is 2. The number of unbranched alkanes of at least 4 members (excludes halogenated alkanes) is 5. The van der Waals surface area contributed by atoms with Gasteiger partial charge in [0.1, 0.15) is 5.75 Å². The van der Waals surface area contributed by atoms with E-state index >= 15 is 0 Å². The van der Waals surface area contributed by atoms with E-state index in [0.717, 1.165) is 50.5 Å². The van der Waals surface area contributed by atoms with E-state index in [4.69, 9.17) is 9.47 Å². The van der Waals surface area contributed by atoms with E-state index < -0.39 is 0 Å². The van der Waals surface area contributed by atoms with Crippen molar-refractivity contribution in [2.24, 2.45) is 0 Å². The zero-order chi connectivity index (χ0) is 17.6. The van der Waals surface area contributed by atoms with Crippen LogP contribution in [-0.2, 0) is 20.7 Å². The molecule has 0 heterocycles. The molecule has 0 atom stereocenters. The molecule has 0 fully saturated rings. The van der Waals surface area contributed by atoms with Gasteiger partial charge in [-0.3, -0.25) is 9.59 Å². The molecule has 4 nitrogen and oxygen atoms in total. The summed E-state index contributed by atoms with van der Waals surface area (Å²) < 4.78 is 10.3. The zero-order valence-corrected chi connectivity index (χ0v) is 15.0. The first-order valence-corrected chi connectivity index (χ1v) is 9.11. The lowest BCUT2D eigenvalue weighted by molar-refractivity contribution is -0.143. The number of para-hydroxylation sites is 1. The van der Waals surface area contributed by atoms with Crippen molar-refractivity contribution in [3.05, 3.63) is 29.8 Å². The van der Waals surface area contributed by atoms with Gasteiger partial charge in [0.05, 0.1) is 6.61 Å². The summed E-state index contributed by atoms with van der Waals surface area (Å²) in [6.07, 6.45) is 7.79. The Hall–Kier alpha value is -1.84. The number of esters is 2. The van der Waals surface area contributed by atoms with Crippen LogP contribution in [0.3, 0.4) is 0 Å². The normalized spacial score (nSPS) is 10.4. The summed E-state index contributed by atoms with van der Waals surface area (Å²) in [6.45, 7) is 4.33. The van der Waals surface area contributed by atoms with Crippen LogP contribution in [0.5, 0.6) is 5.75 Å². The van der Waals surface area contributed by atoms with Crippen LogP contribution < -0.4 is 4.74 Å². The van der Waals surface area contributed by atoms with Crippen molar-refractivity contribution in [3.63, 3.8) is 0 Å². The fourth-order valence-electron chi connectivity index (χ4n) is 2.55. The molecule has 0 N–H and O–H groups in total. The van der Waals surface area contributed by atoms with Crippen molar-refractivity contribution in [2.75, 3.05) is 6.61 Å². The topological polar surface area (TPSA) is 52.6 Å². The quantitative estimate of drug-likeness (QED) is 0.312. The van der Waals surface area contributed by atoms with Gasteiger partial charge in [0.2, 0.25) is 0 Å². The SMILES string of the molecule is CCOC(=O)CCCCCCCCC(=O)Oc1ccccc1CC. The molecule has 0 saturated carbocycles. The largest absolute Gasteiger partial charge is 0.466 e. The smallest absolute Gasteiger partial charge is 0.311 e. The molecule has 1 aromatic carbocycles. The molecule has 0 saturated heterocycles. The molecule has 24 heavy (non-hydrogen) atoms. The maximum Gasteiger partial charge on any atom is 0.311 e. The molecule has 0 bridgehead atoms. The zero-order valence-electron chi connectivity index (χ0n) is 15.0. The van der Waals surface area contributed by atoms with Gasteiger partial charge in [0.25, 0.3) is 0 Å². The molecule has 0 aliphatic heterocycles. The first-order chi connectivity index (χ1) is 11.7. The van der Waals surface area contributed by atoms with Crippen molar-refractivity contribution < 1.29 is 19.1 Å². The summed E-state index contributed by atoms with van der Waals surface area (Å²) in [6, 6.07) is 7.68. The van der Waals surface area contributed by atoms with E-state index in [1.807, 2.05) is 31.2 Å². The van der Waals surface area contributed by atoms with E-state index in [1.165, 1.54) is 0 Å². The highest BCUT2D eigenvalue weighted by Gasteiger charge is 2.07. The van der Waals surface area contributed by atoms with Gasteiger partial charge in [-0.15, -0.1) is 0 Å². The van der Waals surface area contributed by atoms with Crippen molar-refractivity contribution in [1.82, 2.24) is 0 Å². The third kappa shape index (κ3) is 8.70. The summed E-state index contributed by atoms with van der Waals surface area (Å²) in [7, 11) is 0. The molecule has 0 radical (unpaired) electrons. The van der Waals surface area contributed by atoms with Crippen molar-refractivity contribution in [2.45, 2.75) is 71.6 Å². The minimum absolute atomic E-state index is 0.104. The van der Waals surface area contributed by atoms with Crippen LogP contribution in [0.15, 0.2) is 24.3 Å². The molecule has 1 aromatic rings. The van der Waals surface area contributed by atoms with E-state index in [1.54, 1.807) is 0 Å². The molecule has 0 amide bonds. The third-order valence-corrected chi connectivity index (χ3v) is 3.89. The van der Waals surface area contributed by atoms with E-state index in [0.29, 0.717) is 25.2 Å². The Morgan fingerprint density at radius 3 is 2.04 bits per heavy atom. The Morgan fingerprint density at radius 2 is 1.42 bits per heavy atom. The molecule has 0 unspecified atom stereocenters. The van der Waals surface area contributed by atoms with Crippen molar-refractivity contribution in [3.8, 4) is 5.75 Å². The molecule has 0 aromatic heterocycles. The maximum atomic E-state index is 11.9. The number of hydrogen-bond acceptors (Lipinski definition) is 4. The lowest BCUT2D eigenvalue weighted by Crippen LogP contribution is -2.08. The second-order valence-corrected chi connectivity index (χ2v) is 5.86. The standard InChI is InChI=1S/C20H30O4/c1-3-17-13-11-12-14-18(17)24-20(22)16-10-8-6-5-7-9-15-19(21)23-4-2/h11-14H,3-10,15-16H2,1-2H3. The maximum absolute atomic E-state index is 11.9. The van der Waals surface area contributed by atoms with Crippen molar-refractivity contribution >= 4 is 11.9 Å². The number of hydrogen-bond donors (Lipinski definition) is 0. The van der Waals surface area contributed by atoms with E-state index in [9.17, 15) is 9.59 Å². The molecule has 1 rings (SSSR count). The van der Waals surface area contributed by atoms with Crippen LogP contribution in [0.2, 0.25) is 0 Å². The predicted octanol–water partition coefficient (Wildman–Crippen LogP) is 4.84. The van der Waals surface area contributed by atoms with Crippen LogP contribution in [0.25, 0.3) is 0 Å². The number of ether oxygens (including phenoxy) is 2. The fourth-order valence-corrected chi connectivity index (χ4v) is 2.55. The first kappa shape index (κ1) is 20.2. The Balaban J connectivity index is 2.05. The van der Waals surface area contributed by atoms with Gasteiger partial charge in [-0.1, -0.05) is 50.8 Å². The summed E-state index contributed by atoms with van der Waals surface area (Å²) >= 11 is 0. The Bertz CT molecular complexity index is 496. The summed E-state index contributed by atoms with van der Waals surface area (Å²) in [4.78, 5) is 23.1. The second-order valence-electron chi connectivity index (χ2n) is 5.86. The molecular weight excluding hydrogens is 304 g/mol. The summed E-state index contributed by atoms with van der Waals surface area (Å²) in [5.41, 5.74) is 1.06. The number of rotatable bonds is 12. The highest BCUT2D eigenvalue weighted by molar-refractivity contribution is 5.72. The van der Waals surface area contributed by atoms with Gasteiger partial charge in [-0.25, -0.2) is 0 Å². The molecule has 0 spiro atoms. The van der Waals surface area contributed by atoms with Gasteiger partial charge >= 0.3 is 11.9 Å². The first-order valence-electron chi connectivity index (χ1n) is 9.11. The van der Waals surface area contributed by atoms with Gasteiger partial charge < -0.3 is 9.47 Å². The minimum Gasteiger partial charge on any atom is -0.466 e. The summed E-state index contributed by atoms with van der Waals surface area (Å²) in [5.74, 6) is 0.426. The number of aryl methyl sites for hydroxylation is 1. The number of carbonyl (C=O) groups is 2. The Labute approximate surface area is 145 Å². The Morgan fingerprint density at radius 1 is 0.833 bits per heavy atom. The molecular formula is C20H30O4. The molecule has 4 heteroatoms. The highest BCUT2D eigenvalue weighted by Crippen LogP contribution is 2.19. The van der Waals surface area contributed by atoms with Gasteiger partial charge in [-0.05, 0) is 37.8 Å². The molecule has 0 aliphatic rings. The number of benzene rings is 1. The van der Waals surface area contributed by atoms with Crippen LogP contribution in [0.1, 0.15) is 70.8 Å². The summed E-state index contributed by atoms with van der Waals surface area (Å²) in [5, 5.41) is 0. The van der Waals surface area contributed by atoms with Gasteiger partial charge in [0.15, 0.2) is 0 Å². The van der Waals surface area contributed by atoms with Crippen LogP contribution in [0.4, 0.5) is 0 Å². The average molecular weight is 334 g/mol. The highest BCUT2D eigenvalue weighted by atomic mass is 16.5. The van der Waals surface area contributed by atoms with Gasteiger partial charge in [0, 0.05) is 12.8 Å². The van der Waals surface area contributed by atoms with Crippen LogP contribution in [-0.4, -0.2) is 18.5 Å². The fraction of sp³-hybridized carbons (Fsp3) is 0.600. The monoisotopic (exact) mass is 334 g/mol. The van der Waals surface area contributed by atoms with E-state index in [2.05, 4.69) is 6.92 Å². The lowest BCUT2D eigenvalue weighted by atomic mass is 10.1. The molecule has 0 aliphatic carbocycles. The lowest BCUT2D eigenvalue weighted by Gasteiger charge is -2.08. The third-order valence-electron chi connectivity index (χ3n) is 3.89. The Kier molecular flexibility index (Phi) is 10.6. The second kappa shape index (κ2) is 12.6. The average Bonchev–Trinajstić information content (AvgIpc) is 2.58. The van der Waals surface area contributed by atoms with E-state index in [-0.39, 0.29) is 11.9 Å².